The van der Waals surface area contributed by atoms with Crippen molar-refractivity contribution in [3.63, 3.8) is 0 Å². The number of aromatic nitrogens is 2. The second-order valence-electron chi connectivity index (χ2n) is 5.15. The second-order valence-corrected chi connectivity index (χ2v) is 5.15. The van der Waals surface area contributed by atoms with Crippen molar-refractivity contribution in [2.45, 2.75) is 32.1 Å². The highest BCUT2D eigenvalue weighted by Crippen LogP contribution is 2.27. The Hall–Kier alpha value is -1.41. The van der Waals surface area contributed by atoms with Crippen LogP contribution in [0, 0.1) is 0 Å². The van der Waals surface area contributed by atoms with Crippen molar-refractivity contribution in [3.05, 3.63) is 18.0 Å². The highest BCUT2D eigenvalue weighted by molar-refractivity contribution is 5.26. The van der Waals surface area contributed by atoms with Gasteiger partial charge in [0.2, 0.25) is 5.95 Å². The monoisotopic (exact) mass is 304 g/mol. The lowest BCUT2D eigenvalue weighted by Gasteiger charge is -2.37. The van der Waals surface area contributed by atoms with Gasteiger partial charge < -0.3 is 10.1 Å². The van der Waals surface area contributed by atoms with Gasteiger partial charge in [0.25, 0.3) is 0 Å². The summed E-state index contributed by atoms with van der Waals surface area (Å²) in [5.41, 5.74) is -0.938. The largest absolute Gasteiger partial charge is 0.433 e. The lowest BCUT2D eigenvalue weighted by atomic mass is 10.2. The molecule has 0 aliphatic carbocycles. The maximum Gasteiger partial charge on any atom is 0.433 e. The standard InChI is InChI=1S/C13H19F3N4O/c1-9(20-5-6-21-8-10(20)2)7-18-12-17-4-3-11(19-12)13(14,15)16/h3-4,9-10H,5-8H2,1-2H3,(H,17,18,19)/t9-,10-/m0/s1. The molecule has 1 N–H and O–H groups in total. The minimum Gasteiger partial charge on any atom is -0.379 e. The molecule has 0 aromatic carbocycles. The Kier molecular flexibility index (Phi) is 5.00. The molecule has 8 heteroatoms. The van der Waals surface area contributed by atoms with Gasteiger partial charge in [0.05, 0.1) is 13.2 Å². The zero-order valence-corrected chi connectivity index (χ0v) is 12.0. The zero-order chi connectivity index (χ0) is 15.5. The maximum absolute atomic E-state index is 12.6. The lowest BCUT2D eigenvalue weighted by Crippen LogP contribution is -2.50. The number of morpholine rings is 1. The van der Waals surface area contributed by atoms with Crippen LogP contribution in [0.1, 0.15) is 19.5 Å². The van der Waals surface area contributed by atoms with Gasteiger partial charge in [0.1, 0.15) is 5.69 Å². The summed E-state index contributed by atoms with van der Waals surface area (Å²) in [6, 6.07) is 1.30. The average Bonchev–Trinajstić information content (AvgIpc) is 2.45. The summed E-state index contributed by atoms with van der Waals surface area (Å²) in [5, 5.41) is 2.87. The first-order valence-corrected chi connectivity index (χ1v) is 6.85. The zero-order valence-electron chi connectivity index (χ0n) is 12.0. The molecule has 0 unspecified atom stereocenters. The quantitative estimate of drug-likeness (QED) is 0.922. The van der Waals surface area contributed by atoms with Crippen LogP contribution in [0.3, 0.4) is 0 Å². The number of ether oxygens (including phenoxy) is 1. The van der Waals surface area contributed by atoms with Crippen molar-refractivity contribution in [2.24, 2.45) is 0 Å². The molecular weight excluding hydrogens is 285 g/mol. The molecular formula is C13H19F3N4O. The van der Waals surface area contributed by atoms with Crippen LogP contribution < -0.4 is 5.32 Å². The van der Waals surface area contributed by atoms with Crippen LogP contribution in [-0.2, 0) is 10.9 Å². The number of rotatable bonds is 4. The summed E-state index contributed by atoms with van der Waals surface area (Å²) >= 11 is 0. The molecule has 21 heavy (non-hydrogen) atoms. The van der Waals surface area contributed by atoms with E-state index < -0.39 is 11.9 Å². The first kappa shape index (κ1) is 16.0. The molecule has 0 radical (unpaired) electrons. The molecule has 1 aromatic rings. The number of hydrogen-bond acceptors (Lipinski definition) is 5. The summed E-state index contributed by atoms with van der Waals surface area (Å²) in [6.45, 7) is 6.72. The number of nitrogens with zero attached hydrogens (tertiary/aromatic N) is 3. The second kappa shape index (κ2) is 6.57. The molecule has 1 aliphatic rings. The van der Waals surface area contributed by atoms with E-state index in [-0.39, 0.29) is 18.0 Å². The Bertz CT molecular complexity index is 469. The molecule has 2 heterocycles. The van der Waals surface area contributed by atoms with Crippen molar-refractivity contribution in [1.29, 1.82) is 0 Å². The maximum atomic E-state index is 12.6. The third-order valence-electron chi connectivity index (χ3n) is 3.49. The molecule has 5 nitrogen and oxygen atoms in total. The fraction of sp³-hybridized carbons (Fsp3) is 0.692. The van der Waals surface area contributed by atoms with Crippen LogP contribution in [0.4, 0.5) is 19.1 Å². The molecule has 0 bridgehead atoms. The van der Waals surface area contributed by atoms with Gasteiger partial charge >= 0.3 is 6.18 Å². The van der Waals surface area contributed by atoms with E-state index in [2.05, 4.69) is 27.1 Å². The minimum atomic E-state index is -4.45. The van der Waals surface area contributed by atoms with E-state index in [9.17, 15) is 13.2 Å². The van der Waals surface area contributed by atoms with Crippen LogP contribution >= 0.6 is 0 Å². The minimum absolute atomic E-state index is 0.00223. The van der Waals surface area contributed by atoms with E-state index in [4.69, 9.17) is 4.74 Å². The predicted octanol–water partition coefficient (Wildman–Crippen LogP) is 2.02. The number of nitrogens with one attached hydrogen (secondary N) is 1. The van der Waals surface area contributed by atoms with Gasteiger partial charge in [-0.15, -0.1) is 0 Å². The first-order chi connectivity index (χ1) is 9.88. The molecule has 0 spiro atoms. The third-order valence-corrected chi connectivity index (χ3v) is 3.49. The van der Waals surface area contributed by atoms with Gasteiger partial charge in [-0.2, -0.15) is 13.2 Å². The van der Waals surface area contributed by atoms with Crippen molar-refractivity contribution in [1.82, 2.24) is 14.9 Å². The van der Waals surface area contributed by atoms with Gasteiger partial charge in [0.15, 0.2) is 0 Å². The molecule has 2 rings (SSSR count). The molecule has 0 saturated carbocycles. The van der Waals surface area contributed by atoms with Crippen molar-refractivity contribution < 1.29 is 17.9 Å². The Labute approximate surface area is 121 Å². The molecule has 1 fully saturated rings. The lowest BCUT2D eigenvalue weighted by molar-refractivity contribution is -0.141. The smallest absolute Gasteiger partial charge is 0.379 e. The van der Waals surface area contributed by atoms with Crippen LogP contribution in [0.5, 0.6) is 0 Å². The third kappa shape index (κ3) is 4.28. The Balaban J connectivity index is 1.93. The van der Waals surface area contributed by atoms with Crippen molar-refractivity contribution in [2.75, 3.05) is 31.6 Å². The summed E-state index contributed by atoms with van der Waals surface area (Å²) in [5.74, 6) is -0.00223. The van der Waals surface area contributed by atoms with Crippen molar-refractivity contribution in [3.8, 4) is 0 Å². The van der Waals surface area contributed by atoms with E-state index in [1.54, 1.807) is 0 Å². The Morgan fingerprint density at radius 1 is 1.52 bits per heavy atom. The topological polar surface area (TPSA) is 50.3 Å². The van der Waals surface area contributed by atoms with Gasteiger partial charge in [-0.05, 0) is 19.9 Å². The SMILES string of the molecule is C[C@@H](CNc1nccc(C(F)(F)F)n1)N1CCOC[C@@H]1C. The van der Waals surface area contributed by atoms with Crippen LogP contribution in [0.15, 0.2) is 12.3 Å². The number of halogens is 3. The van der Waals surface area contributed by atoms with E-state index in [0.717, 1.165) is 18.8 Å². The summed E-state index contributed by atoms with van der Waals surface area (Å²) < 4.78 is 43.1. The van der Waals surface area contributed by atoms with Gasteiger partial charge in [0, 0.05) is 31.4 Å². The van der Waals surface area contributed by atoms with Gasteiger partial charge in [-0.25, -0.2) is 9.97 Å². The molecule has 1 saturated heterocycles. The van der Waals surface area contributed by atoms with Gasteiger partial charge in [-0.1, -0.05) is 0 Å². The van der Waals surface area contributed by atoms with E-state index in [1.807, 2.05) is 6.92 Å². The predicted molar refractivity (Wildman–Crippen MR) is 72.0 cm³/mol. The fourth-order valence-corrected chi connectivity index (χ4v) is 2.35. The summed E-state index contributed by atoms with van der Waals surface area (Å²) in [7, 11) is 0. The molecule has 1 aromatic heterocycles. The van der Waals surface area contributed by atoms with E-state index in [1.165, 1.54) is 0 Å². The Morgan fingerprint density at radius 2 is 2.29 bits per heavy atom. The number of hydrogen-bond donors (Lipinski definition) is 1. The molecule has 2 atom stereocenters. The Morgan fingerprint density at radius 3 is 2.95 bits per heavy atom. The molecule has 1 aliphatic heterocycles. The highest BCUT2D eigenvalue weighted by atomic mass is 19.4. The van der Waals surface area contributed by atoms with Gasteiger partial charge in [-0.3, -0.25) is 4.90 Å². The average molecular weight is 304 g/mol. The molecule has 0 amide bonds. The van der Waals surface area contributed by atoms with Crippen molar-refractivity contribution >= 4 is 5.95 Å². The summed E-state index contributed by atoms with van der Waals surface area (Å²) in [4.78, 5) is 9.57. The highest BCUT2D eigenvalue weighted by Gasteiger charge is 2.32. The van der Waals surface area contributed by atoms with Crippen LogP contribution in [0.25, 0.3) is 0 Å². The number of anilines is 1. The number of alkyl halides is 3. The van der Waals surface area contributed by atoms with E-state index >= 15 is 0 Å². The normalized spacial score (nSPS) is 22.0. The first-order valence-electron chi connectivity index (χ1n) is 6.85. The van der Waals surface area contributed by atoms with E-state index in [0.29, 0.717) is 19.8 Å². The van der Waals surface area contributed by atoms with Crippen LogP contribution in [-0.4, -0.2) is 53.3 Å². The fourth-order valence-electron chi connectivity index (χ4n) is 2.35. The summed E-state index contributed by atoms with van der Waals surface area (Å²) in [6.07, 6.45) is -3.34. The molecule has 118 valence electrons. The van der Waals surface area contributed by atoms with Crippen LogP contribution in [0.2, 0.25) is 0 Å².